The molecule has 0 saturated carbocycles. The van der Waals surface area contributed by atoms with Gasteiger partial charge < -0.3 is 5.32 Å². The van der Waals surface area contributed by atoms with Gasteiger partial charge in [0.1, 0.15) is 12.7 Å². The lowest BCUT2D eigenvalue weighted by atomic mass is 10.2. The number of nitrogens with one attached hydrogen (secondary N) is 2. The van der Waals surface area contributed by atoms with Crippen LogP contribution in [0.15, 0.2) is 90.3 Å². The molecule has 31 heavy (non-hydrogen) atoms. The molecule has 0 aliphatic carbocycles. The molecule has 0 atom stereocenters. The number of anilines is 2. The van der Waals surface area contributed by atoms with E-state index in [1.54, 1.807) is 59.5 Å². The van der Waals surface area contributed by atoms with Crippen LogP contribution in [0.2, 0.25) is 5.02 Å². The predicted molar refractivity (Wildman–Crippen MR) is 118 cm³/mol. The van der Waals surface area contributed by atoms with Crippen LogP contribution < -0.4 is 10.0 Å². The number of hydrogen-bond acceptors (Lipinski definition) is 5. The molecule has 156 valence electrons. The lowest BCUT2D eigenvalue weighted by Gasteiger charge is -2.10. The van der Waals surface area contributed by atoms with Crippen molar-refractivity contribution >= 4 is 38.9 Å². The van der Waals surface area contributed by atoms with E-state index in [2.05, 4.69) is 20.1 Å². The van der Waals surface area contributed by atoms with Gasteiger partial charge in [0.05, 0.1) is 10.6 Å². The van der Waals surface area contributed by atoms with Crippen molar-refractivity contribution in [2.24, 2.45) is 0 Å². The standard InChI is InChI=1S/C21H16ClN5O3S/c22-16-3-5-18(6-4-16)26-31(29,30)20-11-1-15(2-12-20)21(28)25-17-7-9-19(10-8-17)27-14-23-13-24-27/h1-14,26H,(H,25,28). The third-order valence-corrected chi connectivity index (χ3v) is 5.98. The van der Waals surface area contributed by atoms with Gasteiger partial charge in [-0.25, -0.2) is 18.1 Å². The highest BCUT2D eigenvalue weighted by atomic mass is 35.5. The molecule has 0 fully saturated rings. The van der Waals surface area contributed by atoms with Crippen LogP contribution in [-0.4, -0.2) is 29.1 Å². The van der Waals surface area contributed by atoms with Crippen LogP contribution in [0.4, 0.5) is 11.4 Å². The smallest absolute Gasteiger partial charge is 0.261 e. The third kappa shape index (κ3) is 4.90. The molecule has 1 amide bonds. The highest BCUT2D eigenvalue weighted by molar-refractivity contribution is 7.92. The topological polar surface area (TPSA) is 106 Å². The molecule has 0 aliphatic heterocycles. The van der Waals surface area contributed by atoms with E-state index in [0.29, 0.717) is 22.0 Å². The molecule has 0 unspecified atom stereocenters. The quantitative estimate of drug-likeness (QED) is 0.459. The van der Waals surface area contributed by atoms with Crippen molar-refractivity contribution in [3.63, 3.8) is 0 Å². The Bertz CT molecular complexity index is 1290. The summed E-state index contributed by atoms with van der Waals surface area (Å²) in [5.74, 6) is -0.358. The second-order valence-corrected chi connectivity index (χ2v) is 8.60. The van der Waals surface area contributed by atoms with Crippen LogP contribution in [0.1, 0.15) is 10.4 Å². The van der Waals surface area contributed by atoms with Crippen LogP contribution in [0.25, 0.3) is 5.69 Å². The average molecular weight is 454 g/mol. The summed E-state index contributed by atoms with van der Waals surface area (Å²) in [6, 6.07) is 19.0. The number of hydrogen-bond donors (Lipinski definition) is 2. The Morgan fingerprint density at radius 1 is 0.871 bits per heavy atom. The van der Waals surface area contributed by atoms with Crippen LogP contribution in [-0.2, 0) is 10.0 Å². The first-order chi connectivity index (χ1) is 14.9. The third-order valence-electron chi connectivity index (χ3n) is 4.33. The van der Waals surface area contributed by atoms with Gasteiger partial charge in [0.15, 0.2) is 0 Å². The van der Waals surface area contributed by atoms with Crippen LogP contribution in [0, 0.1) is 0 Å². The van der Waals surface area contributed by atoms with Gasteiger partial charge in [-0.15, -0.1) is 0 Å². The SMILES string of the molecule is O=C(Nc1ccc(-n2cncn2)cc1)c1ccc(S(=O)(=O)Nc2ccc(Cl)cc2)cc1. The Morgan fingerprint density at radius 3 is 2.13 bits per heavy atom. The number of carbonyl (C=O) groups excluding carboxylic acids is 1. The number of benzene rings is 3. The molecule has 2 N–H and O–H groups in total. The van der Waals surface area contributed by atoms with Crippen molar-refractivity contribution in [1.29, 1.82) is 0 Å². The summed E-state index contributed by atoms with van der Waals surface area (Å²) in [6.45, 7) is 0. The average Bonchev–Trinajstić information content (AvgIpc) is 3.31. The summed E-state index contributed by atoms with van der Waals surface area (Å²) < 4.78 is 29.1. The van der Waals surface area contributed by atoms with Gasteiger partial charge in [-0.3, -0.25) is 9.52 Å². The minimum atomic E-state index is -3.79. The number of carbonyl (C=O) groups is 1. The molecule has 10 heteroatoms. The maximum Gasteiger partial charge on any atom is 0.261 e. The zero-order chi connectivity index (χ0) is 21.8. The molecule has 3 aromatic carbocycles. The van der Waals surface area contributed by atoms with E-state index in [-0.39, 0.29) is 10.8 Å². The zero-order valence-electron chi connectivity index (χ0n) is 15.9. The van der Waals surface area contributed by atoms with Crippen LogP contribution in [0.5, 0.6) is 0 Å². The largest absolute Gasteiger partial charge is 0.322 e. The Kier molecular flexibility index (Phi) is 5.70. The molecule has 8 nitrogen and oxygen atoms in total. The van der Waals surface area contributed by atoms with E-state index in [9.17, 15) is 13.2 Å². The van der Waals surface area contributed by atoms with Gasteiger partial charge in [0.2, 0.25) is 0 Å². The van der Waals surface area contributed by atoms with Gasteiger partial charge in [-0.05, 0) is 72.8 Å². The second kappa shape index (κ2) is 8.58. The first-order valence-electron chi connectivity index (χ1n) is 9.06. The Labute approximate surface area is 183 Å². The highest BCUT2D eigenvalue weighted by Crippen LogP contribution is 2.19. The molecular weight excluding hydrogens is 438 g/mol. The lowest BCUT2D eigenvalue weighted by molar-refractivity contribution is 0.102. The van der Waals surface area contributed by atoms with Crippen molar-refractivity contribution in [3.8, 4) is 5.69 Å². The van der Waals surface area contributed by atoms with Crippen molar-refractivity contribution in [1.82, 2.24) is 14.8 Å². The minimum Gasteiger partial charge on any atom is -0.322 e. The molecule has 1 aromatic heterocycles. The lowest BCUT2D eigenvalue weighted by Crippen LogP contribution is -2.14. The van der Waals surface area contributed by atoms with E-state index < -0.39 is 10.0 Å². The number of amides is 1. The van der Waals surface area contributed by atoms with Gasteiger partial charge in [0, 0.05) is 22.0 Å². The zero-order valence-corrected chi connectivity index (χ0v) is 17.5. The maximum atomic E-state index is 12.5. The molecule has 4 rings (SSSR count). The molecular formula is C21H16ClN5O3S. The molecule has 0 aliphatic rings. The summed E-state index contributed by atoms with van der Waals surface area (Å²) in [5.41, 5.74) is 2.11. The molecule has 0 spiro atoms. The first-order valence-corrected chi connectivity index (χ1v) is 10.9. The molecule has 0 saturated heterocycles. The Morgan fingerprint density at radius 2 is 1.52 bits per heavy atom. The fraction of sp³-hybridized carbons (Fsp3) is 0. The van der Waals surface area contributed by atoms with E-state index >= 15 is 0 Å². The van der Waals surface area contributed by atoms with Gasteiger partial charge >= 0.3 is 0 Å². The van der Waals surface area contributed by atoms with Crippen molar-refractivity contribution in [2.45, 2.75) is 4.90 Å². The van der Waals surface area contributed by atoms with Crippen molar-refractivity contribution in [3.05, 3.63) is 96.0 Å². The van der Waals surface area contributed by atoms with Crippen LogP contribution in [0.3, 0.4) is 0 Å². The molecule has 0 bridgehead atoms. The van der Waals surface area contributed by atoms with Gasteiger partial charge in [0.25, 0.3) is 15.9 Å². The summed E-state index contributed by atoms with van der Waals surface area (Å²) >= 11 is 5.81. The minimum absolute atomic E-state index is 0.0381. The van der Waals surface area contributed by atoms with E-state index in [4.69, 9.17) is 11.6 Å². The normalized spacial score (nSPS) is 11.1. The summed E-state index contributed by atoms with van der Waals surface area (Å²) in [6.07, 6.45) is 3.01. The second-order valence-electron chi connectivity index (χ2n) is 6.48. The first kappa shape index (κ1) is 20.6. The predicted octanol–water partition coefficient (Wildman–Crippen LogP) is 3.97. The van der Waals surface area contributed by atoms with Gasteiger partial charge in [-0.2, -0.15) is 5.10 Å². The van der Waals surface area contributed by atoms with Crippen molar-refractivity contribution in [2.75, 3.05) is 10.0 Å². The van der Waals surface area contributed by atoms with E-state index in [1.807, 2.05) is 0 Å². The fourth-order valence-corrected chi connectivity index (χ4v) is 3.94. The highest BCUT2D eigenvalue weighted by Gasteiger charge is 2.15. The number of rotatable bonds is 6. The molecule has 0 radical (unpaired) electrons. The number of nitrogens with zero attached hydrogens (tertiary/aromatic N) is 3. The molecule has 4 aromatic rings. The Balaban J connectivity index is 1.43. The number of halogens is 1. The maximum absolute atomic E-state index is 12.5. The Hall–Kier alpha value is -3.69. The summed E-state index contributed by atoms with van der Waals surface area (Å²) in [5, 5.41) is 7.32. The van der Waals surface area contributed by atoms with Crippen LogP contribution >= 0.6 is 11.6 Å². The number of sulfonamides is 1. The fourth-order valence-electron chi connectivity index (χ4n) is 2.76. The summed E-state index contributed by atoms with van der Waals surface area (Å²) in [7, 11) is -3.79. The monoisotopic (exact) mass is 453 g/mol. The van der Waals surface area contributed by atoms with Gasteiger partial charge in [-0.1, -0.05) is 11.6 Å². The molecule has 1 heterocycles. The number of aromatic nitrogens is 3. The van der Waals surface area contributed by atoms with E-state index in [0.717, 1.165) is 5.69 Å². The van der Waals surface area contributed by atoms with E-state index in [1.165, 1.54) is 30.6 Å². The van der Waals surface area contributed by atoms with Crippen molar-refractivity contribution < 1.29 is 13.2 Å². The summed E-state index contributed by atoms with van der Waals surface area (Å²) in [4.78, 5) is 16.4.